The molecule has 0 fully saturated rings. The quantitative estimate of drug-likeness (QED) is 0.770. The van der Waals surface area contributed by atoms with E-state index in [1.54, 1.807) is 0 Å². The number of hydrogen-bond acceptors (Lipinski definition) is 2. The molecule has 0 aliphatic heterocycles. The van der Waals surface area contributed by atoms with Gasteiger partial charge in [-0.3, -0.25) is 0 Å². The Morgan fingerprint density at radius 1 is 1.10 bits per heavy atom. The summed E-state index contributed by atoms with van der Waals surface area (Å²) in [4.78, 5) is 0. The maximum Gasteiger partial charge on any atom is 0.101 e. The molecule has 0 aromatic heterocycles. The van der Waals surface area contributed by atoms with Gasteiger partial charge >= 0.3 is 0 Å². The number of benzene rings is 1. The highest BCUT2D eigenvalue weighted by molar-refractivity contribution is 5.25. The number of nitrogens with one attached hydrogen (secondary N) is 1. The monoisotopic (exact) mass is 287 g/mol. The molecule has 2 nitrogen and oxygen atoms in total. The van der Waals surface area contributed by atoms with Crippen molar-refractivity contribution in [3.05, 3.63) is 47.5 Å². The van der Waals surface area contributed by atoms with Crippen LogP contribution >= 0.6 is 0 Å². The van der Waals surface area contributed by atoms with Crippen molar-refractivity contribution >= 4 is 0 Å². The zero-order chi connectivity index (χ0) is 14.9. The van der Waals surface area contributed by atoms with Crippen LogP contribution in [0.5, 0.6) is 0 Å². The molecule has 1 N–H and O–H groups in total. The van der Waals surface area contributed by atoms with Crippen molar-refractivity contribution in [2.24, 2.45) is 0 Å². The van der Waals surface area contributed by atoms with E-state index in [0.717, 1.165) is 6.54 Å². The van der Waals surface area contributed by atoms with E-state index < -0.39 is 0 Å². The highest BCUT2D eigenvalue weighted by atomic mass is 16.5. The van der Waals surface area contributed by atoms with E-state index in [4.69, 9.17) is 4.74 Å². The van der Waals surface area contributed by atoms with Gasteiger partial charge in [0.2, 0.25) is 0 Å². The van der Waals surface area contributed by atoms with E-state index in [1.807, 2.05) is 7.11 Å². The molecule has 2 rings (SSSR count). The zero-order valence-corrected chi connectivity index (χ0v) is 13.5. The molecular formula is C19H29NO. The Bertz CT molecular complexity index is 426. The van der Waals surface area contributed by atoms with Crippen LogP contribution in [0, 0.1) is 0 Å². The van der Waals surface area contributed by atoms with Crippen molar-refractivity contribution in [2.45, 2.75) is 57.6 Å². The molecule has 0 amide bonds. The van der Waals surface area contributed by atoms with Crippen LogP contribution in [0.1, 0.15) is 57.1 Å². The average Bonchev–Trinajstić information content (AvgIpc) is 2.48. The minimum atomic E-state index is 0.0943. The Hall–Kier alpha value is -1.12. The summed E-state index contributed by atoms with van der Waals surface area (Å²) in [5.74, 6) is 0. The average molecular weight is 287 g/mol. The molecule has 2 unspecified atom stereocenters. The maximum absolute atomic E-state index is 5.87. The summed E-state index contributed by atoms with van der Waals surface area (Å²) in [6.45, 7) is 3.14. The first-order chi connectivity index (χ1) is 10.4. The first kappa shape index (κ1) is 16.3. The van der Waals surface area contributed by atoms with Crippen LogP contribution in [0.4, 0.5) is 0 Å². The van der Waals surface area contributed by atoms with Crippen molar-refractivity contribution in [3.8, 4) is 0 Å². The smallest absolute Gasteiger partial charge is 0.101 e. The summed E-state index contributed by atoms with van der Waals surface area (Å²) in [6.07, 6.45) is 10.3. The van der Waals surface area contributed by atoms with Crippen LogP contribution < -0.4 is 5.32 Å². The Morgan fingerprint density at radius 2 is 1.86 bits per heavy atom. The third-order valence-electron chi connectivity index (χ3n) is 4.33. The van der Waals surface area contributed by atoms with Gasteiger partial charge in [0.1, 0.15) is 6.10 Å². The second-order valence-electron chi connectivity index (χ2n) is 5.83. The third-order valence-corrected chi connectivity index (χ3v) is 4.33. The van der Waals surface area contributed by atoms with Gasteiger partial charge in [0.05, 0.1) is 6.04 Å². The van der Waals surface area contributed by atoms with Gasteiger partial charge in [0.25, 0.3) is 0 Å². The van der Waals surface area contributed by atoms with Crippen LogP contribution in [0.3, 0.4) is 0 Å². The lowest BCUT2D eigenvalue weighted by molar-refractivity contribution is 0.0778. The maximum atomic E-state index is 5.87. The molecule has 1 aliphatic carbocycles. The Morgan fingerprint density at radius 3 is 2.57 bits per heavy atom. The Balaban J connectivity index is 2.22. The minimum absolute atomic E-state index is 0.0943. The normalized spacial score (nSPS) is 21.7. The van der Waals surface area contributed by atoms with Crippen LogP contribution in [0.2, 0.25) is 0 Å². The molecule has 1 aliphatic rings. The van der Waals surface area contributed by atoms with Crippen molar-refractivity contribution in [3.63, 3.8) is 0 Å². The lowest BCUT2D eigenvalue weighted by Gasteiger charge is -2.30. The fraction of sp³-hybridized carbons (Fsp3) is 0.579. The topological polar surface area (TPSA) is 21.3 Å². The molecule has 0 heterocycles. The third kappa shape index (κ3) is 4.69. The van der Waals surface area contributed by atoms with E-state index in [2.05, 4.69) is 48.6 Å². The van der Waals surface area contributed by atoms with Gasteiger partial charge < -0.3 is 10.1 Å². The van der Waals surface area contributed by atoms with Crippen LogP contribution in [0.25, 0.3) is 0 Å². The highest BCUT2D eigenvalue weighted by Crippen LogP contribution is 2.29. The van der Waals surface area contributed by atoms with Gasteiger partial charge in [-0.05, 0) is 37.8 Å². The number of hydrogen-bond donors (Lipinski definition) is 1. The standard InChI is InChI=1S/C19H29NO/c1-3-20-18(16-12-8-5-4-6-9-13-16)19(21-2)17-14-10-7-11-15-17/h7,10-12,14-15,18-20H,3-6,8-9,13H2,1-2H3/b16-12+. The molecule has 0 spiro atoms. The summed E-state index contributed by atoms with van der Waals surface area (Å²) in [6, 6.07) is 10.9. The number of likely N-dealkylation sites (N-methyl/N-ethyl adjacent to an activating group) is 1. The van der Waals surface area contributed by atoms with Gasteiger partial charge in [-0.15, -0.1) is 0 Å². The van der Waals surface area contributed by atoms with Gasteiger partial charge in [-0.1, -0.05) is 61.7 Å². The summed E-state index contributed by atoms with van der Waals surface area (Å²) in [7, 11) is 1.82. The first-order valence-corrected chi connectivity index (χ1v) is 8.37. The van der Waals surface area contributed by atoms with Crippen LogP contribution in [-0.4, -0.2) is 19.7 Å². The fourth-order valence-electron chi connectivity index (χ4n) is 3.26. The minimum Gasteiger partial charge on any atom is -0.375 e. The molecule has 1 aromatic carbocycles. The van der Waals surface area contributed by atoms with Gasteiger partial charge in [-0.25, -0.2) is 0 Å². The molecule has 0 saturated carbocycles. The van der Waals surface area contributed by atoms with E-state index >= 15 is 0 Å². The molecule has 1 aromatic rings. The molecule has 2 heteroatoms. The molecule has 0 bridgehead atoms. The van der Waals surface area contributed by atoms with E-state index in [-0.39, 0.29) is 6.10 Å². The predicted molar refractivity (Wildman–Crippen MR) is 89.4 cm³/mol. The molecule has 2 atom stereocenters. The van der Waals surface area contributed by atoms with E-state index in [1.165, 1.54) is 49.7 Å². The first-order valence-electron chi connectivity index (χ1n) is 8.37. The number of allylic oxidation sites excluding steroid dienone is 1. The fourth-order valence-corrected chi connectivity index (χ4v) is 3.26. The number of methoxy groups -OCH3 is 1. The zero-order valence-electron chi connectivity index (χ0n) is 13.5. The second kappa shape index (κ2) is 9.01. The predicted octanol–water partition coefficient (Wildman–Crippen LogP) is 4.63. The molecule has 116 valence electrons. The van der Waals surface area contributed by atoms with E-state index in [9.17, 15) is 0 Å². The lowest BCUT2D eigenvalue weighted by atomic mass is 9.89. The molecule has 0 radical (unpaired) electrons. The van der Waals surface area contributed by atoms with Crippen molar-refractivity contribution in [1.82, 2.24) is 5.32 Å². The van der Waals surface area contributed by atoms with Crippen molar-refractivity contribution < 1.29 is 4.74 Å². The SMILES string of the molecule is CCNC(/C1=C/CCCCCC1)C(OC)c1ccccc1. The molecule has 0 saturated heterocycles. The lowest BCUT2D eigenvalue weighted by Crippen LogP contribution is -2.37. The Kier molecular flexibility index (Phi) is 6.98. The second-order valence-corrected chi connectivity index (χ2v) is 5.83. The summed E-state index contributed by atoms with van der Waals surface area (Å²) in [5.41, 5.74) is 2.79. The van der Waals surface area contributed by atoms with Crippen LogP contribution in [0.15, 0.2) is 42.0 Å². The summed E-state index contributed by atoms with van der Waals surface area (Å²) < 4.78 is 5.87. The summed E-state index contributed by atoms with van der Waals surface area (Å²) in [5, 5.41) is 3.66. The van der Waals surface area contributed by atoms with Crippen molar-refractivity contribution in [2.75, 3.05) is 13.7 Å². The van der Waals surface area contributed by atoms with Crippen molar-refractivity contribution in [1.29, 1.82) is 0 Å². The van der Waals surface area contributed by atoms with E-state index in [0.29, 0.717) is 6.04 Å². The van der Waals surface area contributed by atoms with Gasteiger partial charge in [0.15, 0.2) is 0 Å². The summed E-state index contributed by atoms with van der Waals surface area (Å²) >= 11 is 0. The number of rotatable bonds is 6. The highest BCUT2D eigenvalue weighted by Gasteiger charge is 2.25. The largest absolute Gasteiger partial charge is 0.375 e. The molecular weight excluding hydrogens is 258 g/mol. The van der Waals surface area contributed by atoms with Crippen LogP contribution in [-0.2, 0) is 4.74 Å². The number of ether oxygens (including phenoxy) is 1. The Labute approximate surface area is 129 Å². The van der Waals surface area contributed by atoms with Gasteiger partial charge in [-0.2, -0.15) is 0 Å². The molecule has 21 heavy (non-hydrogen) atoms. The van der Waals surface area contributed by atoms with Gasteiger partial charge in [0, 0.05) is 7.11 Å².